The Balaban J connectivity index is 1.72. The lowest BCUT2D eigenvalue weighted by Crippen LogP contribution is -2.40. The van der Waals surface area contributed by atoms with Crippen LogP contribution < -0.4 is 0 Å². The maximum Gasteiger partial charge on any atom is 0.303 e. The highest BCUT2D eigenvalue weighted by Gasteiger charge is 2.56. The van der Waals surface area contributed by atoms with Gasteiger partial charge in [-0.2, -0.15) is 21.0 Å². The molecule has 2 atom stereocenters. The van der Waals surface area contributed by atoms with Gasteiger partial charge in [0.1, 0.15) is 24.3 Å². The van der Waals surface area contributed by atoms with Crippen molar-refractivity contribution >= 4 is 11.9 Å². The zero-order chi connectivity index (χ0) is 31.9. The minimum Gasteiger partial charge on any atom is -0.481 e. The maximum atomic E-state index is 12.1. The van der Waals surface area contributed by atoms with Gasteiger partial charge in [0.15, 0.2) is 22.8 Å². The molecule has 12 nitrogen and oxygen atoms in total. The van der Waals surface area contributed by atoms with E-state index in [9.17, 15) is 40.8 Å². The van der Waals surface area contributed by atoms with E-state index in [-0.39, 0.29) is 54.9 Å². The van der Waals surface area contributed by atoms with E-state index in [0.29, 0.717) is 45.0 Å². The van der Waals surface area contributed by atoms with Crippen molar-refractivity contribution in [2.24, 2.45) is 0 Å². The number of rotatable bonds is 8. The van der Waals surface area contributed by atoms with Crippen LogP contribution in [0.25, 0.3) is 22.5 Å². The second-order valence-electron chi connectivity index (χ2n) is 10.9. The van der Waals surface area contributed by atoms with Crippen molar-refractivity contribution in [3.8, 4) is 46.8 Å². The highest BCUT2D eigenvalue weighted by Crippen LogP contribution is 2.61. The van der Waals surface area contributed by atoms with Gasteiger partial charge in [0.05, 0.1) is 22.8 Å². The topological polar surface area (TPSA) is 221 Å². The summed E-state index contributed by atoms with van der Waals surface area (Å²) in [6.45, 7) is 0. The monoisotopic (exact) mass is 592 g/mol. The van der Waals surface area contributed by atoms with E-state index in [1.54, 1.807) is 36.4 Å². The van der Waals surface area contributed by atoms with Crippen LogP contribution in [0.1, 0.15) is 77.4 Å². The summed E-state index contributed by atoms with van der Waals surface area (Å²) in [7, 11) is 0. The van der Waals surface area contributed by atoms with Crippen LogP contribution in [0, 0.1) is 45.3 Å². The number of carbonyl (C=O) groups is 2. The number of carboxylic acids is 2. The summed E-state index contributed by atoms with van der Waals surface area (Å²) in [5, 5.41) is 59.1. The lowest BCUT2D eigenvalue weighted by atomic mass is 9.61. The molecule has 0 radical (unpaired) electrons. The van der Waals surface area contributed by atoms with E-state index < -0.39 is 22.8 Å². The second kappa shape index (κ2) is 10.6. The number of hydrogen-bond donors (Lipinski definition) is 2. The Morgan fingerprint density at radius 1 is 0.600 bits per heavy atom. The molecule has 0 amide bonds. The first kappa shape index (κ1) is 28.6. The second-order valence-corrected chi connectivity index (χ2v) is 10.9. The van der Waals surface area contributed by atoms with Crippen molar-refractivity contribution in [2.75, 3.05) is 0 Å². The molecule has 0 aliphatic heterocycles. The first-order chi connectivity index (χ1) is 21.7. The lowest BCUT2D eigenvalue weighted by Gasteiger charge is -2.41. The van der Waals surface area contributed by atoms with Crippen LogP contribution in [0.3, 0.4) is 0 Å². The highest BCUT2D eigenvalue weighted by atomic mass is 16.4. The number of nitriles is 4. The van der Waals surface area contributed by atoms with Gasteiger partial charge < -0.3 is 10.2 Å². The summed E-state index contributed by atoms with van der Waals surface area (Å²) in [4.78, 5) is 42.6. The molecule has 0 saturated heterocycles. The van der Waals surface area contributed by atoms with Crippen LogP contribution in [0.5, 0.6) is 0 Å². The van der Waals surface area contributed by atoms with Gasteiger partial charge in [-0.3, -0.25) is 9.59 Å². The number of carboxylic acid groups (broad SMARTS) is 2. The average Bonchev–Trinajstić information content (AvgIpc) is 3.47. The molecule has 2 aliphatic rings. The molecule has 0 fully saturated rings. The summed E-state index contributed by atoms with van der Waals surface area (Å²) in [6, 6.07) is 22.0. The molecular formula is C33H20N8O4. The zero-order valence-electron chi connectivity index (χ0n) is 23.4. The minimum absolute atomic E-state index is 0.0149. The Morgan fingerprint density at radius 2 is 0.956 bits per heavy atom. The Morgan fingerprint density at radius 3 is 1.31 bits per heavy atom. The van der Waals surface area contributed by atoms with Crippen LogP contribution in [0.4, 0.5) is 0 Å². The number of benzene rings is 2. The van der Waals surface area contributed by atoms with E-state index >= 15 is 0 Å². The first-order valence-electron chi connectivity index (χ1n) is 13.8. The molecule has 216 valence electrons. The van der Waals surface area contributed by atoms with Crippen molar-refractivity contribution in [3.05, 3.63) is 93.8 Å². The van der Waals surface area contributed by atoms with E-state index in [0.717, 1.165) is 0 Å². The Bertz CT molecular complexity index is 1980. The average molecular weight is 593 g/mol. The maximum absolute atomic E-state index is 12.1. The molecule has 2 unspecified atom stereocenters. The summed E-state index contributed by atoms with van der Waals surface area (Å²) < 4.78 is 0. The van der Waals surface area contributed by atoms with Crippen molar-refractivity contribution in [3.63, 3.8) is 0 Å². The van der Waals surface area contributed by atoms with E-state index in [4.69, 9.17) is 0 Å². The number of nitrogens with zero attached hydrogens (tertiary/aromatic N) is 8. The van der Waals surface area contributed by atoms with E-state index in [1.165, 1.54) is 0 Å². The molecule has 2 aromatic heterocycles. The Hall–Kier alpha value is -6.50. The summed E-state index contributed by atoms with van der Waals surface area (Å²) in [5.41, 5.74) is 0.462. The molecule has 2 aliphatic carbocycles. The smallest absolute Gasteiger partial charge is 0.303 e. The van der Waals surface area contributed by atoms with Crippen molar-refractivity contribution in [1.82, 2.24) is 19.9 Å². The lowest BCUT2D eigenvalue weighted by molar-refractivity contribution is -0.138. The van der Waals surface area contributed by atoms with Crippen LogP contribution in [0.2, 0.25) is 0 Å². The predicted molar refractivity (Wildman–Crippen MR) is 154 cm³/mol. The normalized spacial score (nSPS) is 18.2. The van der Waals surface area contributed by atoms with Gasteiger partial charge in [-0.25, -0.2) is 19.9 Å². The predicted octanol–water partition coefficient (Wildman–Crippen LogP) is 4.11. The Kier molecular flexibility index (Phi) is 6.77. The molecule has 0 saturated carbocycles. The van der Waals surface area contributed by atoms with Crippen LogP contribution in [-0.4, -0.2) is 42.1 Å². The molecule has 6 rings (SSSR count). The molecule has 4 aromatic rings. The first-order valence-corrected chi connectivity index (χ1v) is 13.8. The van der Waals surface area contributed by atoms with Crippen molar-refractivity contribution in [1.29, 1.82) is 21.0 Å². The molecule has 45 heavy (non-hydrogen) atoms. The molecule has 0 bridgehead atoms. The van der Waals surface area contributed by atoms with Crippen LogP contribution in [-0.2, 0) is 20.4 Å². The molecule has 2 N–H and O–H groups in total. The van der Waals surface area contributed by atoms with Gasteiger partial charge in [0.2, 0.25) is 0 Å². The third kappa shape index (κ3) is 4.25. The number of fused-ring (bicyclic) bond motifs is 6. The molecule has 2 aromatic carbocycles. The molecule has 0 spiro atoms. The summed E-state index contributed by atoms with van der Waals surface area (Å²) >= 11 is 0. The van der Waals surface area contributed by atoms with Crippen LogP contribution >= 0.6 is 0 Å². The standard InChI is InChI=1S/C33H20N8O4/c34-13-22-24(15-36)40-30-28(38-22)18-5-1-3-7-20(18)32(30,11-9-26(42)43)17-33(12-10-27(44)45)21-8-4-2-6-19(21)29-31(33)41-25(16-37)23(14-35)39-29/h1-8H,9-12,17H2,(H,42,43)(H,44,45). The van der Waals surface area contributed by atoms with Gasteiger partial charge in [0, 0.05) is 34.8 Å². The zero-order valence-corrected chi connectivity index (χ0v) is 23.4. The SMILES string of the molecule is N#Cc1nc2c(nc1C#N)C(CCC(=O)O)(CC1(CCC(=O)O)c3ccccc3-c3nc(C#N)c(C#N)nc31)c1ccccc1-2. The quantitative estimate of drug-likeness (QED) is 0.295. The number of aromatic nitrogens is 4. The van der Waals surface area contributed by atoms with E-state index in [2.05, 4.69) is 19.9 Å². The third-order valence-electron chi connectivity index (χ3n) is 8.65. The fourth-order valence-corrected chi connectivity index (χ4v) is 6.89. The summed E-state index contributed by atoms with van der Waals surface area (Å²) in [6.07, 6.45) is -0.643. The van der Waals surface area contributed by atoms with Gasteiger partial charge in [-0.15, -0.1) is 0 Å². The molecule has 2 heterocycles. The van der Waals surface area contributed by atoms with E-state index in [1.807, 2.05) is 36.4 Å². The van der Waals surface area contributed by atoms with Gasteiger partial charge in [0.25, 0.3) is 0 Å². The third-order valence-corrected chi connectivity index (χ3v) is 8.65. The van der Waals surface area contributed by atoms with Gasteiger partial charge in [-0.1, -0.05) is 48.5 Å². The highest BCUT2D eigenvalue weighted by molar-refractivity contribution is 5.82. The van der Waals surface area contributed by atoms with Crippen LogP contribution in [0.15, 0.2) is 48.5 Å². The van der Waals surface area contributed by atoms with Crippen molar-refractivity contribution in [2.45, 2.75) is 42.9 Å². The summed E-state index contributed by atoms with van der Waals surface area (Å²) in [5.74, 6) is -2.17. The van der Waals surface area contributed by atoms with Crippen molar-refractivity contribution < 1.29 is 19.8 Å². The number of aliphatic carboxylic acids is 2. The fraction of sp³-hybridized carbons (Fsp3) is 0.212. The molecular weight excluding hydrogens is 572 g/mol. The van der Waals surface area contributed by atoms with Gasteiger partial charge in [-0.05, 0) is 30.4 Å². The van der Waals surface area contributed by atoms with Gasteiger partial charge >= 0.3 is 11.9 Å². The minimum atomic E-state index is -1.26. The Labute approximate surface area is 256 Å². The largest absolute Gasteiger partial charge is 0.481 e. The molecule has 12 heteroatoms. The number of hydrogen-bond acceptors (Lipinski definition) is 10. The fourth-order valence-electron chi connectivity index (χ4n) is 6.89.